The van der Waals surface area contributed by atoms with Crippen molar-refractivity contribution in [2.45, 2.75) is 143 Å². The fourth-order valence-electron chi connectivity index (χ4n) is 4.29. The molecule has 0 radical (unpaired) electrons. The average Bonchev–Trinajstić information content (AvgIpc) is 2.81. The minimum absolute atomic E-state index is 0.827. The smallest absolute Gasteiger partial charge is 0.129 e. The number of unbranched alkanes of at least 4 members (excludes halogenated alkanes) is 12. The summed E-state index contributed by atoms with van der Waals surface area (Å²) in [5.74, 6) is 2.25. The average molecular weight is 447 g/mol. The van der Waals surface area contributed by atoms with Gasteiger partial charge < -0.3 is 9.47 Å². The lowest BCUT2D eigenvalue weighted by atomic mass is 9.97. The van der Waals surface area contributed by atoms with Crippen LogP contribution < -0.4 is 9.47 Å². The van der Waals surface area contributed by atoms with Crippen LogP contribution in [0, 0.1) is 0 Å². The molecule has 0 unspecified atom stereocenters. The molecule has 0 fully saturated rings. The lowest BCUT2D eigenvalue weighted by Gasteiger charge is -2.20. The van der Waals surface area contributed by atoms with E-state index in [1.54, 1.807) is 0 Å². The van der Waals surface area contributed by atoms with Crippen molar-refractivity contribution in [1.29, 1.82) is 0 Å². The van der Waals surface area contributed by atoms with Crippen molar-refractivity contribution < 1.29 is 9.47 Å². The maximum atomic E-state index is 6.53. The Balaban J connectivity index is 2.96. The normalized spacial score (nSPS) is 11.1. The molecule has 0 saturated carbocycles. The van der Waals surface area contributed by atoms with Crippen molar-refractivity contribution in [3.8, 4) is 11.5 Å². The van der Waals surface area contributed by atoms with E-state index in [-0.39, 0.29) is 0 Å². The van der Waals surface area contributed by atoms with Crippen LogP contribution in [-0.2, 0) is 12.8 Å². The second-order valence-electron chi connectivity index (χ2n) is 9.47. The predicted molar refractivity (Wildman–Crippen MR) is 141 cm³/mol. The van der Waals surface area contributed by atoms with Crippen LogP contribution in [0.4, 0.5) is 0 Å². The first-order valence-electron chi connectivity index (χ1n) is 14.2. The Hall–Kier alpha value is -1.18. The maximum Gasteiger partial charge on any atom is 0.129 e. The zero-order chi connectivity index (χ0) is 23.3. The van der Waals surface area contributed by atoms with E-state index < -0.39 is 0 Å². The quantitative estimate of drug-likeness (QED) is 0.165. The molecule has 0 heterocycles. The molecule has 0 bridgehead atoms. The van der Waals surface area contributed by atoms with Gasteiger partial charge in [0.25, 0.3) is 0 Å². The van der Waals surface area contributed by atoms with Crippen molar-refractivity contribution in [3.63, 3.8) is 0 Å². The summed E-state index contributed by atoms with van der Waals surface area (Å²) < 4.78 is 12.9. The van der Waals surface area contributed by atoms with Crippen molar-refractivity contribution in [3.05, 3.63) is 23.3 Å². The fraction of sp³-hybridized carbons (Fsp3) is 0.800. The van der Waals surface area contributed by atoms with Gasteiger partial charge in [0.1, 0.15) is 11.5 Å². The fourth-order valence-corrected chi connectivity index (χ4v) is 4.29. The van der Waals surface area contributed by atoms with E-state index in [0.29, 0.717) is 0 Å². The van der Waals surface area contributed by atoms with Crippen molar-refractivity contribution in [2.75, 3.05) is 13.2 Å². The van der Waals surface area contributed by atoms with Gasteiger partial charge in [0.05, 0.1) is 13.2 Å². The molecule has 1 rings (SSSR count). The van der Waals surface area contributed by atoms with Gasteiger partial charge in [-0.25, -0.2) is 0 Å². The zero-order valence-corrected chi connectivity index (χ0v) is 22.1. The predicted octanol–water partition coefficient (Wildman–Crippen LogP) is 9.85. The number of rotatable bonds is 22. The van der Waals surface area contributed by atoms with E-state index in [0.717, 1.165) is 44.6 Å². The molecule has 32 heavy (non-hydrogen) atoms. The molecule has 0 aliphatic carbocycles. The first kappa shape index (κ1) is 28.9. The van der Waals surface area contributed by atoms with Crippen LogP contribution in [0.15, 0.2) is 12.1 Å². The molecule has 2 nitrogen and oxygen atoms in total. The number of benzene rings is 1. The maximum absolute atomic E-state index is 6.53. The highest BCUT2D eigenvalue weighted by atomic mass is 16.5. The molecule has 0 aliphatic rings. The molecule has 186 valence electrons. The molecule has 0 amide bonds. The van der Waals surface area contributed by atoms with E-state index in [4.69, 9.17) is 9.47 Å². The molecular weight excluding hydrogens is 392 g/mol. The van der Waals surface area contributed by atoms with Crippen molar-refractivity contribution in [1.82, 2.24) is 0 Å². The minimum Gasteiger partial charge on any atom is -0.493 e. The molecule has 0 atom stereocenters. The van der Waals surface area contributed by atoms with Crippen LogP contribution in [0.5, 0.6) is 11.5 Å². The standard InChI is InChI=1S/C30H54O2/c1-5-9-13-17-21-27-23-24-29(31-25-19-15-11-7-3)28(22-18-14-10-6-2)30(27)32-26-20-16-12-8-4/h23-24H,5-22,25-26H2,1-4H3. The molecule has 0 spiro atoms. The van der Waals surface area contributed by atoms with Gasteiger partial charge >= 0.3 is 0 Å². The summed E-state index contributed by atoms with van der Waals surface area (Å²) in [6.07, 6.45) is 22.5. The Labute approximate surface area is 200 Å². The summed E-state index contributed by atoms with van der Waals surface area (Å²) in [5, 5.41) is 0. The third-order valence-electron chi connectivity index (χ3n) is 6.38. The van der Waals surface area contributed by atoms with E-state index in [2.05, 4.69) is 39.8 Å². The topological polar surface area (TPSA) is 18.5 Å². The number of aryl methyl sites for hydroxylation is 1. The molecule has 0 N–H and O–H groups in total. The number of hydrogen-bond donors (Lipinski definition) is 0. The highest BCUT2D eigenvalue weighted by molar-refractivity contribution is 5.50. The van der Waals surface area contributed by atoms with Gasteiger partial charge in [0, 0.05) is 5.56 Å². The van der Waals surface area contributed by atoms with Crippen LogP contribution >= 0.6 is 0 Å². The van der Waals surface area contributed by atoms with Crippen LogP contribution in [0.2, 0.25) is 0 Å². The first-order valence-corrected chi connectivity index (χ1v) is 14.2. The third kappa shape index (κ3) is 12.8. The van der Waals surface area contributed by atoms with Crippen molar-refractivity contribution >= 4 is 0 Å². The first-order chi connectivity index (χ1) is 15.8. The molecular formula is C30H54O2. The summed E-state index contributed by atoms with van der Waals surface area (Å²) >= 11 is 0. The molecule has 1 aromatic carbocycles. The Morgan fingerprint density at radius 2 is 1.00 bits per heavy atom. The Morgan fingerprint density at radius 1 is 0.500 bits per heavy atom. The summed E-state index contributed by atoms with van der Waals surface area (Å²) in [6, 6.07) is 4.54. The lowest BCUT2D eigenvalue weighted by molar-refractivity contribution is 0.282. The third-order valence-corrected chi connectivity index (χ3v) is 6.38. The molecule has 0 saturated heterocycles. The van der Waals surface area contributed by atoms with E-state index in [1.807, 2.05) is 0 Å². The molecule has 2 heteroatoms. The second kappa shape index (κ2) is 20.4. The van der Waals surface area contributed by atoms with Gasteiger partial charge in [-0.05, 0) is 50.2 Å². The van der Waals surface area contributed by atoms with E-state index >= 15 is 0 Å². The van der Waals surface area contributed by atoms with Gasteiger partial charge in [-0.2, -0.15) is 0 Å². The SMILES string of the molecule is CCCCCCOc1ccc(CCCCCC)c(OCCCCCC)c1CCCCCC. The highest BCUT2D eigenvalue weighted by Crippen LogP contribution is 2.35. The molecule has 0 aromatic heterocycles. The van der Waals surface area contributed by atoms with Crippen molar-refractivity contribution in [2.24, 2.45) is 0 Å². The molecule has 0 aliphatic heterocycles. The van der Waals surface area contributed by atoms with Gasteiger partial charge in [0.2, 0.25) is 0 Å². The zero-order valence-electron chi connectivity index (χ0n) is 22.1. The van der Waals surface area contributed by atoms with Gasteiger partial charge in [0.15, 0.2) is 0 Å². The number of ether oxygens (including phenoxy) is 2. The van der Waals surface area contributed by atoms with E-state index in [9.17, 15) is 0 Å². The second-order valence-corrected chi connectivity index (χ2v) is 9.47. The van der Waals surface area contributed by atoms with Gasteiger partial charge in [-0.1, -0.05) is 111 Å². The summed E-state index contributed by atoms with van der Waals surface area (Å²) in [5.41, 5.74) is 2.75. The summed E-state index contributed by atoms with van der Waals surface area (Å²) in [6.45, 7) is 10.8. The summed E-state index contributed by atoms with van der Waals surface area (Å²) in [7, 11) is 0. The van der Waals surface area contributed by atoms with Crippen LogP contribution in [0.3, 0.4) is 0 Å². The number of hydrogen-bond acceptors (Lipinski definition) is 2. The van der Waals surface area contributed by atoms with Gasteiger partial charge in [-0.15, -0.1) is 0 Å². The summed E-state index contributed by atoms with van der Waals surface area (Å²) in [4.78, 5) is 0. The Morgan fingerprint density at radius 3 is 1.56 bits per heavy atom. The lowest BCUT2D eigenvalue weighted by Crippen LogP contribution is -2.08. The van der Waals surface area contributed by atoms with Crippen LogP contribution in [0.25, 0.3) is 0 Å². The Kier molecular flexibility index (Phi) is 18.4. The van der Waals surface area contributed by atoms with E-state index in [1.165, 1.54) is 107 Å². The monoisotopic (exact) mass is 446 g/mol. The van der Waals surface area contributed by atoms with Crippen LogP contribution in [0.1, 0.15) is 142 Å². The highest BCUT2D eigenvalue weighted by Gasteiger charge is 2.16. The largest absolute Gasteiger partial charge is 0.493 e. The minimum atomic E-state index is 0.827. The van der Waals surface area contributed by atoms with Gasteiger partial charge in [-0.3, -0.25) is 0 Å². The molecule has 1 aromatic rings. The van der Waals surface area contributed by atoms with Crippen LogP contribution in [-0.4, -0.2) is 13.2 Å². The Bertz CT molecular complexity index is 552.